The van der Waals surface area contributed by atoms with E-state index in [0.717, 1.165) is 37.5 Å². The smallest absolute Gasteiger partial charge is 0.488 e. The molecule has 1 heterocycles. The van der Waals surface area contributed by atoms with Crippen LogP contribution in [0.3, 0.4) is 0 Å². The van der Waals surface area contributed by atoms with Crippen LogP contribution in [0.15, 0.2) is 18.2 Å². The Morgan fingerprint density at radius 2 is 2.10 bits per heavy atom. The summed E-state index contributed by atoms with van der Waals surface area (Å²) in [5.41, 5.74) is 1.50. The summed E-state index contributed by atoms with van der Waals surface area (Å²) >= 11 is 0. The van der Waals surface area contributed by atoms with Crippen LogP contribution in [0.25, 0.3) is 0 Å². The van der Waals surface area contributed by atoms with Gasteiger partial charge in [0.1, 0.15) is 5.75 Å². The second-order valence-corrected chi connectivity index (χ2v) is 5.53. The molecule has 0 amide bonds. The fraction of sp³-hybridized carbons (Fsp3) is 0.571. The lowest BCUT2D eigenvalue weighted by atomic mass is 9.79. The Hall–Kier alpha value is -1.08. The van der Waals surface area contributed by atoms with E-state index in [1.807, 2.05) is 6.07 Å². The van der Waals surface area contributed by atoms with Gasteiger partial charge in [-0.25, -0.2) is 0 Å². The van der Waals surface area contributed by atoms with Gasteiger partial charge in [0.2, 0.25) is 0 Å². The van der Waals surface area contributed by atoms with Crippen molar-refractivity contribution in [1.29, 1.82) is 0 Å². The van der Waals surface area contributed by atoms with Crippen molar-refractivity contribution in [3.8, 4) is 5.75 Å². The molecule has 1 aromatic rings. The number of benzene rings is 1. The molecule has 6 heteroatoms. The van der Waals surface area contributed by atoms with Crippen molar-refractivity contribution in [2.24, 2.45) is 0 Å². The normalized spacial score (nSPS) is 20.9. The van der Waals surface area contributed by atoms with Gasteiger partial charge >= 0.3 is 7.12 Å². The first kappa shape index (κ1) is 15.3. The fourth-order valence-corrected chi connectivity index (χ4v) is 2.71. The topological polar surface area (TPSA) is 56.2 Å². The summed E-state index contributed by atoms with van der Waals surface area (Å²) in [6.07, 6.45) is 0. The quantitative estimate of drug-likeness (QED) is 0.728. The van der Waals surface area contributed by atoms with Gasteiger partial charge in [0.05, 0.1) is 7.11 Å². The molecular weight excluding hydrogens is 255 g/mol. The minimum atomic E-state index is -1.44. The molecule has 0 bridgehead atoms. The van der Waals surface area contributed by atoms with Crippen molar-refractivity contribution in [3.05, 3.63) is 23.8 Å². The number of ether oxygens (including phenoxy) is 1. The minimum Gasteiger partial charge on any atom is -0.496 e. The molecule has 1 saturated heterocycles. The van der Waals surface area contributed by atoms with Gasteiger partial charge < -0.3 is 19.7 Å². The van der Waals surface area contributed by atoms with Crippen LogP contribution in [0.4, 0.5) is 0 Å². The highest BCUT2D eigenvalue weighted by molar-refractivity contribution is 6.58. The summed E-state index contributed by atoms with van der Waals surface area (Å²) in [6.45, 7) is 6.08. The lowest BCUT2D eigenvalue weighted by molar-refractivity contribution is 0.0931. The predicted molar refractivity (Wildman–Crippen MR) is 80.2 cm³/mol. The van der Waals surface area contributed by atoms with E-state index in [-0.39, 0.29) is 0 Å². The highest BCUT2D eigenvalue weighted by Crippen LogP contribution is 2.21. The molecule has 0 radical (unpaired) electrons. The molecule has 1 aromatic carbocycles. The summed E-state index contributed by atoms with van der Waals surface area (Å²) in [7, 11) is 2.34. The average molecular weight is 278 g/mol. The number of likely N-dealkylation sites (N-methyl/N-ethyl adjacent to an activating group) is 1. The van der Waals surface area contributed by atoms with Crippen LogP contribution >= 0.6 is 0 Å². The Bertz CT molecular complexity index is 456. The highest BCUT2D eigenvalue weighted by atomic mass is 16.5. The maximum absolute atomic E-state index is 9.30. The van der Waals surface area contributed by atoms with Gasteiger partial charge in [-0.05, 0) is 25.5 Å². The zero-order chi connectivity index (χ0) is 14.7. The summed E-state index contributed by atoms with van der Waals surface area (Å²) in [4.78, 5) is 4.72. The second-order valence-electron chi connectivity index (χ2n) is 5.53. The molecule has 1 atom stereocenters. The number of hydrogen-bond donors (Lipinski definition) is 2. The first-order valence-electron chi connectivity index (χ1n) is 6.96. The van der Waals surface area contributed by atoms with Crippen molar-refractivity contribution in [1.82, 2.24) is 9.80 Å². The molecule has 0 saturated carbocycles. The van der Waals surface area contributed by atoms with Gasteiger partial charge in [0, 0.05) is 37.8 Å². The van der Waals surface area contributed by atoms with Crippen molar-refractivity contribution < 1.29 is 14.8 Å². The van der Waals surface area contributed by atoms with Crippen LogP contribution in [0.1, 0.15) is 12.5 Å². The fourth-order valence-electron chi connectivity index (χ4n) is 2.71. The van der Waals surface area contributed by atoms with E-state index in [1.54, 1.807) is 19.2 Å². The molecule has 0 aromatic heterocycles. The molecule has 1 aliphatic rings. The number of hydrogen-bond acceptors (Lipinski definition) is 5. The molecular formula is C14H23BN2O3. The van der Waals surface area contributed by atoms with Gasteiger partial charge in [0.25, 0.3) is 0 Å². The van der Waals surface area contributed by atoms with Crippen molar-refractivity contribution in [3.63, 3.8) is 0 Å². The van der Waals surface area contributed by atoms with Gasteiger partial charge in [-0.2, -0.15) is 0 Å². The van der Waals surface area contributed by atoms with E-state index >= 15 is 0 Å². The number of piperazine rings is 1. The molecule has 5 nitrogen and oxygen atoms in total. The minimum absolute atomic E-state index is 0.473. The van der Waals surface area contributed by atoms with E-state index in [4.69, 9.17) is 4.74 Å². The molecule has 20 heavy (non-hydrogen) atoms. The molecule has 1 unspecified atom stereocenters. The van der Waals surface area contributed by atoms with E-state index in [2.05, 4.69) is 23.8 Å². The van der Waals surface area contributed by atoms with Gasteiger partial charge in [-0.3, -0.25) is 4.90 Å². The monoisotopic (exact) mass is 278 g/mol. The van der Waals surface area contributed by atoms with Gasteiger partial charge in [-0.1, -0.05) is 12.1 Å². The summed E-state index contributed by atoms with van der Waals surface area (Å²) < 4.78 is 5.38. The van der Waals surface area contributed by atoms with E-state index in [0.29, 0.717) is 11.5 Å². The Kier molecular flexibility index (Phi) is 5.04. The number of rotatable bonds is 4. The van der Waals surface area contributed by atoms with Crippen LogP contribution in [0.5, 0.6) is 5.75 Å². The second kappa shape index (κ2) is 6.58. The molecule has 0 spiro atoms. The van der Waals surface area contributed by atoms with Crippen LogP contribution in [0.2, 0.25) is 0 Å². The highest BCUT2D eigenvalue weighted by Gasteiger charge is 2.23. The Balaban J connectivity index is 2.16. The number of methoxy groups -OCH3 is 1. The molecule has 2 N–H and O–H groups in total. The van der Waals surface area contributed by atoms with Gasteiger partial charge in [-0.15, -0.1) is 0 Å². The molecule has 1 fully saturated rings. The zero-order valence-corrected chi connectivity index (χ0v) is 12.4. The number of nitrogens with zero attached hydrogens (tertiary/aromatic N) is 2. The van der Waals surface area contributed by atoms with E-state index < -0.39 is 7.12 Å². The van der Waals surface area contributed by atoms with Crippen LogP contribution in [0, 0.1) is 0 Å². The van der Waals surface area contributed by atoms with Crippen molar-refractivity contribution in [2.45, 2.75) is 19.5 Å². The predicted octanol–water partition coefficient (Wildman–Crippen LogP) is -0.489. The SMILES string of the molecule is COc1ccc(B(O)O)cc1CN1CCN(C)CC1C. The Morgan fingerprint density at radius 3 is 2.70 bits per heavy atom. The third-order valence-electron chi connectivity index (χ3n) is 3.94. The molecule has 0 aliphatic carbocycles. The van der Waals surface area contributed by atoms with Gasteiger partial charge in [0.15, 0.2) is 0 Å². The van der Waals surface area contributed by atoms with Crippen LogP contribution < -0.4 is 10.2 Å². The Labute approximate surface area is 120 Å². The van der Waals surface area contributed by atoms with E-state index in [1.165, 1.54) is 0 Å². The first-order chi connectivity index (χ1) is 9.51. The van der Waals surface area contributed by atoms with Crippen molar-refractivity contribution in [2.75, 3.05) is 33.8 Å². The van der Waals surface area contributed by atoms with Crippen molar-refractivity contribution >= 4 is 12.6 Å². The lowest BCUT2D eigenvalue weighted by Gasteiger charge is -2.38. The first-order valence-corrected chi connectivity index (χ1v) is 6.96. The maximum Gasteiger partial charge on any atom is 0.488 e. The summed E-state index contributed by atoms with van der Waals surface area (Å²) in [6, 6.07) is 5.76. The molecule has 110 valence electrons. The summed E-state index contributed by atoms with van der Waals surface area (Å²) in [5.74, 6) is 0.792. The third kappa shape index (κ3) is 3.52. The summed E-state index contributed by atoms with van der Waals surface area (Å²) in [5, 5.41) is 18.6. The average Bonchev–Trinajstić information content (AvgIpc) is 2.41. The molecule has 1 aliphatic heterocycles. The lowest BCUT2D eigenvalue weighted by Crippen LogP contribution is -2.49. The maximum atomic E-state index is 9.30. The van der Waals surface area contributed by atoms with Crippen LogP contribution in [-0.2, 0) is 6.54 Å². The standard InChI is InChI=1S/C14H23BN2O3/c1-11-9-16(2)6-7-17(11)10-12-8-13(15(18)19)4-5-14(12)20-3/h4-5,8,11,18-19H,6-7,9-10H2,1-3H3. The van der Waals surface area contributed by atoms with E-state index in [9.17, 15) is 10.0 Å². The zero-order valence-electron chi connectivity index (χ0n) is 12.4. The third-order valence-corrected chi connectivity index (χ3v) is 3.94. The molecule has 2 rings (SSSR count). The van der Waals surface area contributed by atoms with Crippen LogP contribution in [-0.4, -0.2) is 66.8 Å². The largest absolute Gasteiger partial charge is 0.496 e. The Morgan fingerprint density at radius 1 is 1.35 bits per heavy atom.